The van der Waals surface area contributed by atoms with Crippen LogP contribution in [-0.2, 0) is 14.8 Å². The molecule has 118 valence electrons. The van der Waals surface area contributed by atoms with Crippen molar-refractivity contribution < 1.29 is 13.2 Å². The molecule has 2 rings (SSSR count). The van der Waals surface area contributed by atoms with Gasteiger partial charge in [0.2, 0.25) is 10.0 Å². The fraction of sp³-hybridized carbons (Fsp3) is 0.571. The Morgan fingerprint density at radius 1 is 1.38 bits per heavy atom. The Labute approximate surface area is 126 Å². The zero-order chi connectivity index (χ0) is 15.5. The summed E-state index contributed by atoms with van der Waals surface area (Å²) < 4.78 is 31.0. The summed E-state index contributed by atoms with van der Waals surface area (Å²) in [5.74, 6) is 0.739. The fourth-order valence-corrected chi connectivity index (χ4v) is 2.94. The minimum atomic E-state index is -3.53. The van der Waals surface area contributed by atoms with Gasteiger partial charge in [-0.2, -0.15) is 0 Å². The number of sulfonamides is 1. The molecule has 1 aliphatic rings. The summed E-state index contributed by atoms with van der Waals surface area (Å²) in [7, 11) is -0.558. The van der Waals surface area contributed by atoms with Crippen molar-refractivity contribution in [1.82, 2.24) is 4.31 Å². The molecule has 0 unspecified atom stereocenters. The topological polar surface area (TPSA) is 84.7 Å². The second kappa shape index (κ2) is 6.64. The first-order valence-corrected chi connectivity index (χ1v) is 8.49. The van der Waals surface area contributed by atoms with Gasteiger partial charge < -0.3 is 15.8 Å². The minimum absolute atomic E-state index is 0.122. The van der Waals surface area contributed by atoms with Crippen LogP contribution in [0.15, 0.2) is 23.1 Å². The van der Waals surface area contributed by atoms with Crippen LogP contribution in [0, 0.1) is 5.92 Å². The summed E-state index contributed by atoms with van der Waals surface area (Å²) in [5.41, 5.74) is 6.83. The van der Waals surface area contributed by atoms with Crippen molar-refractivity contribution in [3.05, 3.63) is 18.2 Å². The van der Waals surface area contributed by atoms with Crippen molar-refractivity contribution in [3.8, 4) is 0 Å². The van der Waals surface area contributed by atoms with Gasteiger partial charge in [0.15, 0.2) is 0 Å². The lowest BCUT2D eigenvalue weighted by Gasteiger charge is -2.16. The third kappa shape index (κ3) is 4.09. The highest BCUT2D eigenvalue weighted by molar-refractivity contribution is 7.89. The molecule has 0 amide bonds. The van der Waals surface area contributed by atoms with Crippen LogP contribution < -0.4 is 11.1 Å². The fourth-order valence-electron chi connectivity index (χ4n) is 1.91. The number of rotatable bonds is 8. The summed E-state index contributed by atoms with van der Waals surface area (Å²) >= 11 is 0. The van der Waals surface area contributed by atoms with Crippen LogP contribution in [-0.4, -0.2) is 46.6 Å². The number of para-hydroxylation sites is 1. The maximum Gasteiger partial charge on any atom is 0.244 e. The molecule has 1 saturated carbocycles. The van der Waals surface area contributed by atoms with E-state index in [1.54, 1.807) is 12.1 Å². The lowest BCUT2D eigenvalue weighted by molar-refractivity contribution is 0.134. The van der Waals surface area contributed by atoms with Gasteiger partial charge in [-0.15, -0.1) is 0 Å². The Morgan fingerprint density at radius 3 is 2.71 bits per heavy atom. The molecule has 7 heteroatoms. The highest BCUT2D eigenvalue weighted by Gasteiger charge is 2.22. The molecule has 0 saturated heterocycles. The molecule has 0 spiro atoms. The predicted octanol–water partition coefficient (Wildman–Crippen LogP) is 1.36. The number of ether oxygens (including phenoxy) is 1. The smallest absolute Gasteiger partial charge is 0.244 e. The number of nitrogens with zero attached hydrogens (tertiary/aromatic N) is 1. The van der Waals surface area contributed by atoms with Gasteiger partial charge >= 0.3 is 0 Å². The third-order valence-corrected chi connectivity index (χ3v) is 5.31. The molecule has 6 nitrogen and oxygen atoms in total. The van der Waals surface area contributed by atoms with Crippen LogP contribution in [0.3, 0.4) is 0 Å². The Balaban J connectivity index is 1.96. The number of nitrogens with one attached hydrogen (secondary N) is 1. The molecule has 1 fully saturated rings. The van der Waals surface area contributed by atoms with Gasteiger partial charge in [0.1, 0.15) is 4.90 Å². The Kier molecular flexibility index (Phi) is 5.08. The monoisotopic (exact) mass is 313 g/mol. The first kappa shape index (κ1) is 16.1. The molecule has 3 N–H and O–H groups in total. The molecular formula is C14H23N3O3S. The summed E-state index contributed by atoms with van der Waals surface area (Å²) in [6.45, 7) is 2.00. The van der Waals surface area contributed by atoms with E-state index in [0.717, 1.165) is 16.8 Å². The largest absolute Gasteiger partial charge is 0.396 e. The molecular weight excluding hydrogens is 290 g/mol. The summed E-state index contributed by atoms with van der Waals surface area (Å²) in [4.78, 5) is 0.122. The van der Waals surface area contributed by atoms with Gasteiger partial charge in [0.05, 0.1) is 18.0 Å². The molecule has 21 heavy (non-hydrogen) atoms. The summed E-state index contributed by atoms with van der Waals surface area (Å²) in [5, 5.41) is 3.13. The average molecular weight is 313 g/mol. The van der Waals surface area contributed by atoms with Crippen molar-refractivity contribution in [2.24, 2.45) is 5.92 Å². The number of hydrogen-bond acceptors (Lipinski definition) is 5. The van der Waals surface area contributed by atoms with Crippen molar-refractivity contribution >= 4 is 21.4 Å². The van der Waals surface area contributed by atoms with Crippen LogP contribution >= 0.6 is 0 Å². The van der Waals surface area contributed by atoms with Gasteiger partial charge in [-0.05, 0) is 30.9 Å². The molecule has 1 aromatic rings. The van der Waals surface area contributed by atoms with Gasteiger partial charge in [0.25, 0.3) is 0 Å². The Morgan fingerprint density at radius 2 is 2.10 bits per heavy atom. The second-order valence-electron chi connectivity index (χ2n) is 5.45. The molecule has 0 bridgehead atoms. The van der Waals surface area contributed by atoms with Crippen LogP contribution in [0.5, 0.6) is 0 Å². The van der Waals surface area contributed by atoms with Gasteiger partial charge in [-0.3, -0.25) is 0 Å². The standard InChI is InChI=1S/C14H23N3O3S/c1-17(2)21(18,19)13-5-3-4-12(14(13)15)16-8-9-20-10-11-6-7-11/h3-5,11,16H,6-10,15H2,1-2H3. The predicted molar refractivity (Wildman–Crippen MR) is 83.8 cm³/mol. The van der Waals surface area contributed by atoms with E-state index >= 15 is 0 Å². The number of nitrogens with two attached hydrogens (primary N) is 1. The van der Waals surface area contributed by atoms with Crippen LogP contribution in [0.25, 0.3) is 0 Å². The lowest BCUT2D eigenvalue weighted by atomic mass is 10.2. The normalized spacial score (nSPS) is 15.4. The van der Waals surface area contributed by atoms with Crippen LogP contribution in [0.1, 0.15) is 12.8 Å². The van der Waals surface area contributed by atoms with Crippen LogP contribution in [0.2, 0.25) is 0 Å². The maximum atomic E-state index is 12.2. The molecule has 0 heterocycles. The number of hydrogen-bond donors (Lipinski definition) is 2. The zero-order valence-corrected chi connectivity index (χ0v) is 13.3. The Bertz CT molecular complexity index is 583. The number of anilines is 2. The first-order valence-electron chi connectivity index (χ1n) is 7.05. The highest BCUT2D eigenvalue weighted by atomic mass is 32.2. The van der Waals surface area contributed by atoms with E-state index in [9.17, 15) is 8.42 Å². The van der Waals surface area contributed by atoms with E-state index in [1.807, 2.05) is 0 Å². The minimum Gasteiger partial charge on any atom is -0.396 e. The highest BCUT2D eigenvalue weighted by Crippen LogP contribution is 2.29. The lowest BCUT2D eigenvalue weighted by Crippen LogP contribution is -2.23. The maximum absolute atomic E-state index is 12.2. The van der Waals surface area contributed by atoms with Crippen molar-refractivity contribution in [1.29, 1.82) is 0 Å². The second-order valence-corrected chi connectivity index (χ2v) is 7.57. The zero-order valence-electron chi connectivity index (χ0n) is 12.5. The van der Waals surface area contributed by atoms with E-state index in [-0.39, 0.29) is 10.6 Å². The van der Waals surface area contributed by atoms with Crippen LogP contribution in [0.4, 0.5) is 11.4 Å². The van der Waals surface area contributed by atoms with Crippen molar-refractivity contribution in [3.63, 3.8) is 0 Å². The van der Waals surface area contributed by atoms with Gasteiger partial charge in [-0.1, -0.05) is 6.07 Å². The third-order valence-electron chi connectivity index (χ3n) is 3.44. The Hall–Kier alpha value is -1.31. The SMILES string of the molecule is CN(C)S(=O)(=O)c1cccc(NCCOCC2CC2)c1N. The molecule has 0 aliphatic heterocycles. The molecule has 0 aromatic heterocycles. The quantitative estimate of drug-likeness (QED) is 0.559. The van der Waals surface area contributed by atoms with Crippen molar-refractivity contribution in [2.75, 3.05) is 44.9 Å². The van der Waals surface area contributed by atoms with Gasteiger partial charge in [-0.25, -0.2) is 12.7 Å². The number of benzene rings is 1. The van der Waals surface area contributed by atoms with Crippen molar-refractivity contribution in [2.45, 2.75) is 17.7 Å². The molecule has 1 aromatic carbocycles. The first-order chi connectivity index (χ1) is 9.93. The van der Waals surface area contributed by atoms with E-state index in [1.165, 1.54) is 33.0 Å². The molecule has 0 radical (unpaired) electrons. The number of nitrogen functional groups attached to an aromatic ring is 1. The molecule has 0 atom stereocenters. The summed E-state index contributed by atoms with van der Waals surface area (Å²) in [6, 6.07) is 4.96. The van der Waals surface area contributed by atoms with E-state index < -0.39 is 10.0 Å². The average Bonchev–Trinajstić information content (AvgIpc) is 3.23. The van der Waals surface area contributed by atoms with E-state index in [4.69, 9.17) is 10.5 Å². The molecule has 1 aliphatic carbocycles. The summed E-state index contributed by atoms with van der Waals surface area (Å²) in [6.07, 6.45) is 2.54. The van der Waals surface area contributed by atoms with Gasteiger partial charge in [0, 0.05) is 27.2 Å². The van der Waals surface area contributed by atoms with E-state index in [2.05, 4.69) is 5.32 Å². The van der Waals surface area contributed by atoms with E-state index in [0.29, 0.717) is 18.8 Å².